The third-order valence-electron chi connectivity index (χ3n) is 3.06. The van der Waals surface area contributed by atoms with Crippen LogP contribution in [0.15, 0.2) is 12.3 Å². The summed E-state index contributed by atoms with van der Waals surface area (Å²) in [6, 6.07) is 1.66. The van der Waals surface area contributed by atoms with E-state index in [-0.39, 0.29) is 24.7 Å². The van der Waals surface area contributed by atoms with E-state index in [2.05, 4.69) is 0 Å². The zero-order valence-electron chi connectivity index (χ0n) is 10.7. The lowest BCUT2D eigenvalue weighted by molar-refractivity contribution is -0.0860. The number of morpholine rings is 1. The van der Waals surface area contributed by atoms with Gasteiger partial charge in [0.2, 0.25) is 0 Å². The lowest BCUT2D eigenvalue weighted by Gasteiger charge is -2.36. The fourth-order valence-electron chi connectivity index (χ4n) is 2.28. The lowest BCUT2D eigenvalue weighted by Crippen LogP contribution is -2.50. The fraction of sp³-hybridized carbons (Fsp3) is 0.583. The summed E-state index contributed by atoms with van der Waals surface area (Å²) in [4.78, 5) is 14.1. The Balaban J connectivity index is 2.15. The molecule has 2 atom stereocenters. The number of nitrogens with two attached hydrogens (primary N) is 1. The summed E-state index contributed by atoms with van der Waals surface area (Å²) in [6.07, 6.45) is 1.33. The molecule has 1 aromatic heterocycles. The Morgan fingerprint density at radius 3 is 2.89 bits per heavy atom. The van der Waals surface area contributed by atoms with E-state index >= 15 is 0 Å². The average Bonchev–Trinajstić information content (AvgIpc) is 2.66. The maximum absolute atomic E-state index is 12.4. The van der Waals surface area contributed by atoms with Gasteiger partial charge in [0.25, 0.3) is 5.91 Å². The highest BCUT2D eigenvalue weighted by molar-refractivity contribution is 5.93. The first-order chi connectivity index (χ1) is 8.51. The minimum absolute atomic E-state index is 0.0718. The first-order valence-corrected chi connectivity index (χ1v) is 5.98. The second-order valence-electron chi connectivity index (χ2n) is 4.73. The Bertz CT molecular complexity index is 444. The highest BCUT2D eigenvalue weighted by atomic mass is 16.5. The van der Waals surface area contributed by atoms with E-state index < -0.39 is 0 Å². The smallest absolute Gasteiger partial charge is 0.270 e. The predicted molar refractivity (Wildman–Crippen MR) is 67.1 cm³/mol. The van der Waals surface area contributed by atoms with Crippen molar-refractivity contribution >= 4 is 11.6 Å². The second kappa shape index (κ2) is 4.99. The van der Waals surface area contributed by atoms with E-state index in [1.54, 1.807) is 28.8 Å². The molecular weight excluding hydrogens is 234 g/mol. The summed E-state index contributed by atoms with van der Waals surface area (Å²) >= 11 is 0. The number of nitrogen functional groups attached to an aromatic ring is 1. The van der Waals surface area contributed by atoms with Crippen LogP contribution >= 0.6 is 0 Å². The summed E-state index contributed by atoms with van der Waals surface area (Å²) in [5.74, 6) is -0.0807. The zero-order chi connectivity index (χ0) is 13.3. The molecule has 0 spiro atoms. The van der Waals surface area contributed by atoms with Crippen LogP contribution < -0.4 is 5.73 Å². The minimum atomic E-state index is -0.310. The molecule has 2 rings (SSSR count). The normalized spacial score (nSPS) is 24.3. The van der Waals surface area contributed by atoms with Gasteiger partial charge in [0.1, 0.15) is 5.69 Å². The second-order valence-corrected chi connectivity index (χ2v) is 4.73. The van der Waals surface area contributed by atoms with Crippen molar-refractivity contribution in [3.05, 3.63) is 18.0 Å². The highest BCUT2D eigenvalue weighted by Gasteiger charge is 2.29. The number of hydrogen-bond donors (Lipinski definition) is 2. The molecule has 3 N–H and O–H groups in total. The zero-order valence-corrected chi connectivity index (χ0v) is 10.7. The Morgan fingerprint density at radius 2 is 2.33 bits per heavy atom. The van der Waals surface area contributed by atoms with Gasteiger partial charge in [-0.25, -0.2) is 0 Å². The number of ether oxygens (including phenoxy) is 1. The van der Waals surface area contributed by atoms with Gasteiger partial charge >= 0.3 is 0 Å². The summed E-state index contributed by atoms with van der Waals surface area (Å²) in [5, 5.41) is 9.15. The molecule has 1 fully saturated rings. The number of aliphatic hydroxyl groups is 1. The molecule has 6 heteroatoms. The molecular formula is C12H19N3O3. The van der Waals surface area contributed by atoms with Crippen molar-refractivity contribution in [2.45, 2.75) is 19.1 Å². The maximum Gasteiger partial charge on any atom is 0.270 e. The highest BCUT2D eigenvalue weighted by Crippen LogP contribution is 2.16. The van der Waals surface area contributed by atoms with Gasteiger partial charge in [-0.2, -0.15) is 0 Å². The van der Waals surface area contributed by atoms with E-state index in [1.165, 1.54) is 0 Å². The molecule has 2 heterocycles. The number of carbonyl (C=O) groups is 1. The van der Waals surface area contributed by atoms with Crippen molar-refractivity contribution in [3.63, 3.8) is 0 Å². The molecule has 0 bridgehead atoms. The number of amides is 1. The summed E-state index contributed by atoms with van der Waals surface area (Å²) < 4.78 is 7.23. The fourth-order valence-corrected chi connectivity index (χ4v) is 2.28. The van der Waals surface area contributed by atoms with Crippen molar-refractivity contribution in [2.24, 2.45) is 7.05 Å². The van der Waals surface area contributed by atoms with Crippen molar-refractivity contribution in [2.75, 3.05) is 25.4 Å². The van der Waals surface area contributed by atoms with Gasteiger partial charge < -0.3 is 25.0 Å². The molecule has 0 saturated carbocycles. The number of aromatic nitrogens is 1. The molecule has 100 valence electrons. The van der Waals surface area contributed by atoms with E-state index in [0.29, 0.717) is 24.5 Å². The Kier molecular flexibility index (Phi) is 3.58. The molecule has 0 radical (unpaired) electrons. The standard InChI is InChI=1S/C12H19N3O3/c1-8-4-15(6-10(7-16)18-8)12(17)11-3-9(13)5-14(11)2/h3,5,8,10,16H,4,6-7,13H2,1-2H3. The van der Waals surface area contributed by atoms with E-state index in [1.807, 2.05) is 6.92 Å². The molecule has 1 saturated heterocycles. The summed E-state index contributed by atoms with van der Waals surface area (Å²) in [5.41, 5.74) is 6.80. The molecule has 0 aliphatic carbocycles. The molecule has 1 aliphatic heterocycles. The Morgan fingerprint density at radius 1 is 1.61 bits per heavy atom. The molecule has 1 amide bonds. The Labute approximate surface area is 106 Å². The molecule has 1 aromatic rings. The van der Waals surface area contributed by atoms with Gasteiger partial charge in [0, 0.05) is 26.3 Å². The van der Waals surface area contributed by atoms with E-state index in [4.69, 9.17) is 15.6 Å². The molecule has 0 aromatic carbocycles. The number of carbonyl (C=O) groups excluding carboxylic acids is 1. The third kappa shape index (κ3) is 2.49. The van der Waals surface area contributed by atoms with Crippen LogP contribution in [-0.4, -0.2) is 52.4 Å². The van der Waals surface area contributed by atoms with Crippen LogP contribution in [0.3, 0.4) is 0 Å². The number of aryl methyl sites for hydroxylation is 1. The first-order valence-electron chi connectivity index (χ1n) is 5.98. The average molecular weight is 253 g/mol. The quantitative estimate of drug-likeness (QED) is 0.766. The van der Waals surface area contributed by atoms with Gasteiger partial charge in [-0.1, -0.05) is 0 Å². The molecule has 6 nitrogen and oxygen atoms in total. The van der Waals surface area contributed by atoms with E-state index in [0.717, 1.165) is 0 Å². The lowest BCUT2D eigenvalue weighted by atomic mass is 10.2. The SMILES string of the molecule is CC1CN(C(=O)c2cc(N)cn2C)CC(CO)O1. The van der Waals surface area contributed by atoms with Gasteiger partial charge in [-0.3, -0.25) is 4.79 Å². The number of rotatable bonds is 2. The largest absolute Gasteiger partial charge is 0.397 e. The molecule has 18 heavy (non-hydrogen) atoms. The first kappa shape index (κ1) is 12.9. The van der Waals surface area contributed by atoms with Crippen molar-refractivity contribution in [3.8, 4) is 0 Å². The minimum Gasteiger partial charge on any atom is -0.397 e. The van der Waals surface area contributed by atoms with Gasteiger partial charge in [-0.05, 0) is 13.0 Å². The summed E-state index contributed by atoms with van der Waals surface area (Å²) in [6.45, 7) is 2.75. The monoisotopic (exact) mass is 253 g/mol. The van der Waals surface area contributed by atoms with Crippen LogP contribution in [0.2, 0.25) is 0 Å². The number of anilines is 1. The van der Waals surface area contributed by atoms with Gasteiger partial charge in [0.05, 0.1) is 24.5 Å². The number of hydrogen-bond acceptors (Lipinski definition) is 4. The number of aliphatic hydroxyl groups excluding tert-OH is 1. The summed E-state index contributed by atoms with van der Waals surface area (Å²) in [7, 11) is 1.79. The van der Waals surface area contributed by atoms with Gasteiger partial charge in [0.15, 0.2) is 0 Å². The number of nitrogens with zero attached hydrogens (tertiary/aromatic N) is 2. The van der Waals surface area contributed by atoms with Crippen molar-refractivity contribution in [1.29, 1.82) is 0 Å². The van der Waals surface area contributed by atoms with Crippen LogP contribution in [-0.2, 0) is 11.8 Å². The predicted octanol–water partition coefficient (Wildman–Crippen LogP) is -0.171. The third-order valence-corrected chi connectivity index (χ3v) is 3.06. The van der Waals surface area contributed by atoms with E-state index in [9.17, 15) is 4.79 Å². The van der Waals surface area contributed by atoms with Crippen molar-refractivity contribution in [1.82, 2.24) is 9.47 Å². The van der Waals surface area contributed by atoms with Crippen LogP contribution in [0.25, 0.3) is 0 Å². The maximum atomic E-state index is 12.4. The van der Waals surface area contributed by atoms with Crippen LogP contribution in [0.4, 0.5) is 5.69 Å². The molecule has 1 aliphatic rings. The Hall–Kier alpha value is -1.53. The van der Waals surface area contributed by atoms with Crippen LogP contribution in [0.1, 0.15) is 17.4 Å². The van der Waals surface area contributed by atoms with Crippen LogP contribution in [0.5, 0.6) is 0 Å². The van der Waals surface area contributed by atoms with Crippen LogP contribution in [0, 0.1) is 0 Å². The van der Waals surface area contributed by atoms with Gasteiger partial charge in [-0.15, -0.1) is 0 Å². The van der Waals surface area contributed by atoms with Crippen molar-refractivity contribution < 1.29 is 14.6 Å². The topological polar surface area (TPSA) is 80.7 Å². The molecule has 2 unspecified atom stereocenters.